The zero-order valence-corrected chi connectivity index (χ0v) is 7.64. The van der Waals surface area contributed by atoms with Crippen LogP contribution in [0.3, 0.4) is 0 Å². The molecule has 0 fully saturated rings. The Morgan fingerprint density at radius 2 is 1.85 bits per heavy atom. The van der Waals surface area contributed by atoms with Crippen molar-refractivity contribution in [3.05, 3.63) is 27.4 Å². The minimum atomic E-state index is -0.431. The van der Waals surface area contributed by atoms with E-state index in [1.807, 2.05) is 0 Å². The predicted octanol–water partition coefficient (Wildman–Crippen LogP) is 0.350. The molecule has 1 aromatic carbocycles. The molecule has 0 saturated heterocycles. The standard InChI is InChI=1S/C9H13N2O2/c1-3-4-5-11-7-6(10-2)8(12)9(7)13/h10-11H,1,3-5H2,2H3. The summed E-state index contributed by atoms with van der Waals surface area (Å²) in [6.45, 7) is 4.36. The van der Waals surface area contributed by atoms with Crippen molar-refractivity contribution >= 4 is 11.4 Å². The highest BCUT2D eigenvalue weighted by atomic mass is 16.2. The molecule has 13 heavy (non-hydrogen) atoms. The number of anilines is 2. The van der Waals surface area contributed by atoms with Gasteiger partial charge in [-0.3, -0.25) is 9.59 Å². The van der Waals surface area contributed by atoms with Gasteiger partial charge in [-0.25, -0.2) is 0 Å². The first-order valence-electron chi connectivity index (χ1n) is 4.26. The zero-order valence-electron chi connectivity index (χ0n) is 7.64. The SMILES string of the molecule is [CH2]CCCNc1c(NC)c(=O)c1=O. The van der Waals surface area contributed by atoms with Crippen LogP contribution in [0.15, 0.2) is 9.59 Å². The molecule has 0 spiro atoms. The Kier molecular flexibility index (Phi) is 3.06. The largest absolute Gasteiger partial charge is 0.383 e. The molecule has 0 aromatic heterocycles. The highest BCUT2D eigenvalue weighted by Gasteiger charge is 2.18. The first-order chi connectivity index (χ1) is 6.22. The summed E-state index contributed by atoms with van der Waals surface area (Å²) in [6, 6.07) is 0. The molecule has 0 amide bonds. The Morgan fingerprint density at radius 1 is 1.23 bits per heavy atom. The van der Waals surface area contributed by atoms with Crippen molar-refractivity contribution in [1.82, 2.24) is 0 Å². The lowest BCUT2D eigenvalue weighted by molar-refractivity contribution is 0.885. The van der Waals surface area contributed by atoms with Crippen LogP contribution in [0.25, 0.3) is 0 Å². The topological polar surface area (TPSA) is 58.2 Å². The van der Waals surface area contributed by atoms with Crippen molar-refractivity contribution in [3.8, 4) is 0 Å². The maximum absolute atomic E-state index is 11.0. The highest BCUT2D eigenvalue weighted by Crippen LogP contribution is 2.12. The molecule has 0 heterocycles. The maximum Gasteiger partial charge on any atom is 0.253 e. The van der Waals surface area contributed by atoms with E-state index in [1.54, 1.807) is 7.05 Å². The lowest BCUT2D eigenvalue weighted by Gasteiger charge is -2.11. The first-order valence-corrected chi connectivity index (χ1v) is 4.26. The lowest BCUT2D eigenvalue weighted by Crippen LogP contribution is -2.36. The second-order valence-corrected chi connectivity index (χ2v) is 2.79. The summed E-state index contributed by atoms with van der Waals surface area (Å²) in [7, 11) is 1.63. The fraction of sp³-hybridized carbons (Fsp3) is 0.444. The number of hydrogen-bond acceptors (Lipinski definition) is 4. The maximum atomic E-state index is 11.0. The van der Waals surface area contributed by atoms with E-state index in [4.69, 9.17) is 0 Å². The van der Waals surface area contributed by atoms with Crippen molar-refractivity contribution in [2.45, 2.75) is 12.8 Å². The average molecular weight is 181 g/mol. The minimum Gasteiger partial charge on any atom is -0.383 e. The Hall–Kier alpha value is -1.32. The van der Waals surface area contributed by atoms with Crippen molar-refractivity contribution in [2.75, 3.05) is 24.2 Å². The minimum absolute atomic E-state index is 0.397. The fourth-order valence-corrected chi connectivity index (χ4v) is 1.14. The molecule has 71 valence electrons. The number of rotatable bonds is 5. The van der Waals surface area contributed by atoms with Gasteiger partial charge in [-0.15, -0.1) is 0 Å². The van der Waals surface area contributed by atoms with Crippen LogP contribution in [0, 0.1) is 6.92 Å². The van der Waals surface area contributed by atoms with E-state index in [9.17, 15) is 9.59 Å². The fourth-order valence-electron chi connectivity index (χ4n) is 1.14. The zero-order chi connectivity index (χ0) is 9.84. The molecule has 4 heteroatoms. The smallest absolute Gasteiger partial charge is 0.253 e. The van der Waals surface area contributed by atoms with Gasteiger partial charge < -0.3 is 10.6 Å². The van der Waals surface area contributed by atoms with Crippen LogP contribution in [-0.2, 0) is 0 Å². The monoisotopic (exact) mass is 181 g/mol. The Balaban J connectivity index is 2.62. The van der Waals surface area contributed by atoms with Crippen LogP contribution >= 0.6 is 0 Å². The van der Waals surface area contributed by atoms with Crippen molar-refractivity contribution in [2.24, 2.45) is 0 Å². The normalized spacial score (nSPS) is 10.3. The van der Waals surface area contributed by atoms with Crippen LogP contribution in [0.1, 0.15) is 12.8 Å². The van der Waals surface area contributed by atoms with E-state index >= 15 is 0 Å². The Labute approximate surface area is 76.7 Å². The van der Waals surface area contributed by atoms with E-state index in [1.165, 1.54) is 0 Å². The van der Waals surface area contributed by atoms with E-state index in [-0.39, 0.29) is 0 Å². The van der Waals surface area contributed by atoms with E-state index in [2.05, 4.69) is 17.6 Å². The van der Waals surface area contributed by atoms with Crippen molar-refractivity contribution in [1.29, 1.82) is 0 Å². The van der Waals surface area contributed by atoms with E-state index in [0.717, 1.165) is 12.8 Å². The molecule has 2 N–H and O–H groups in total. The van der Waals surface area contributed by atoms with E-state index < -0.39 is 10.9 Å². The van der Waals surface area contributed by atoms with Gasteiger partial charge in [0.2, 0.25) is 0 Å². The van der Waals surface area contributed by atoms with E-state index in [0.29, 0.717) is 17.9 Å². The third-order valence-corrected chi connectivity index (χ3v) is 1.89. The molecular formula is C9H13N2O2. The summed E-state index contributed by atoms with van der Waals surface area (Å²) in [5, 5.41) is 5.60. The van der Waals surface area contributed by atoms with Gasteiger partial charge in [0.15, 0.2) is 0 Å². The molecule has 1 radical (unpaired) electrons. The molecule has 0 aliphatic rings. The van der Waals surface area contributed by atoms with Gasteiger partial charge in [0.05, 0.1) is 0 Å². The third kappa shape index (κ3) is 1.71. The van der Waals surface area contributed by atoms with Crippen LogP contribution in [-0.4, -0.2) is 13.6 Å². The predicted molar refractivity (Wildman–Crippen MR) is 54.0 cm³/mol. The van der Waals surface area contributed by atoms with Crippen LogP contribution in [0.2, 0.25) is 0 Å². The first kappa shape index (κ1) is 9.77. The van der Waals surface area contributed by atoms with Gasteiger partial charge in [0.1, 0.15) is 11.4 Å². The second-order valence-electron chi connectivity index (χ2n) is 2.79. The molecule has 1 rings (SSSR count). The third-order valence-electron chi connectivity index (χ3n) is 1.89. The van der Waals surface area contributed by atoms with Crippen LogP contribution < -0.4 is 21.5 Å². The Morgan fingerprint density at radius 3 is 2.38 bits per heavy atom. The van der Waals surface area contributed by atoms with Gasteiger partial charge in [0, 0.05) is 13.6 Å². The van der Waals surface area contributed by atoms with Gasteiger partial charge in [-0.2, -0.15) is 0 Å². The summed E-state index contributed by atoms with van der Waals surface area (Å²) in [5.41, 5.74) is -0.0388. The molecule has 4 nitrogen and oxygen atoms in total. The van der Waals surface area contributed by atoms with Gasteiger partial charge in [0.25, 0.3) is 10.9 Å². The van der Waals surface area contributed by atoms with Crippen molar-refractivity contribution in [3.63, 3.8) is 0 Å². The van der Waals surface area contributed by atoms with Crippen molar-refractivity contribution < 1.29 is 0 Å². The Bertz CT molecular complexity index is 350. The molecule has 1 aromatic rings. The number of nitrogens with one attached hydrogen (secondary N) is 2. The molecule has 0 unspecified atom stereocenters. The molecule has 0 bridgehead atoms. The van der Waals surface area contributed by atoms with Gasteiger partial charge >= 0.3 is 0 Å². The van der Waals surface area contributed by atoms with Crippen LogP contribution in [0.5, 0.6) is 0 Å². The summed E-state index contributed by atoms with van der Waals surface area (Å²) in [6.07, 6.45) is 1.71. The second kappa shape index (κ2) is 4.07. The molecule has 0 atom stereocenters. The molecule has 0 aliphatic carbocycles. The molecule has 0 saturated carbocycles. The summed E-state index contributed by atoms with van der Waals surface area (Å²) in [4.78, 5) is 21.9. The van der Waals surface area contributed by atoms with Gasteiger partial charge in [-0.05, 0) is 6.42 Å². The van der Waals surface area contributed by atoms with Crippen LogP contribution in [0.4, 0.5) is 11.4 Å². The summed E-state index contributed by atoms with van der Waals surface area (Å²) >= 11 is 0. The number of unbranched alkanes of at least 4 members (excludes halogenated alkanes) is 1. The molecule has 0 aliphatic heterocycles. The molecular weight excluding hydrogens is 168 g/mol. The lowest BCUT2D eigenvalue weighted by atomic mass is 10.2. The number of hydrogen-bond donors (Lipinski definition) is 2. The highest BCUT2D eigenvalue weighted by molar-refractivity contribution is 5.73. The summed E-state index contributed by atoms with van der Waals surface area (Å²) in [5.74, 6) is 0. The average Bonchev–Trinajstić information content (AvgIpc) is 2.16. The summed E-state index contributed by atoms with van der Waals surface area (Å²) < 4.78 is 0. The van der Waals surface area contributed by atoms with Gasteiger partial charge in [-0.1, -0.05) is 13.3 Å². The quantitative estimate of drug-likeness (QED) is 0.508.